The molecule has 0 unspecified atom stereocenters. The molecule has 2 rings (SSSR count). The number of carbonyl (C=O) groups is 1. The van der Waals surface area contributed by atoms with Crippen LogP contribution < -0.4 is 10.0 Å². The molecule has 0 fully saturated rings. The molecule has 0 spiro atoms. The van der Waals surface area contributed by atoms with Gasteiger partial charge in [-0.3, -0.25) is 4.79 Å². The number of carbonyl (C=O) groups excluding carboxylic acids is 1. The molecule has 0 aliphatic rings. The predicted molar refractivity (Wildman–Crippen MR) is 94.9 cm³/mol. The Morgan fingerprint density at radius 1 is 0.958 bits per heavy atom. The molecule has 128 valence electrons. The Labute approximate surface area is 155 Å². The third kappa shape index (κ3) is 5.36. The van der Waals surface area contributed by atoms with Crippen molar-refractivity contribution < 1.29 is 13.2 Å². The lowest BCUT2D eigenvalue weighted by Crippen LogP contribution is -2.36. The molecule has 0 heterocycles. The molecular formula is C15H13Cl3N2O3S. The second-order valence-electron chi connectivity index (χ2n) is 4.80. The molecule has 0 aliphatic carbocycles. The minimum Gasteiger partial charge on any atom is -0.351 e. The summed E-state index contributed by atoms with van der Waals surface area (Å²) in [5.41, 5.74) is 0.841. The van der Waals surface area contributed by atoms with Gasteiger partial charge in [-0.1, -0.05) is 46.9 Å². The van der Waals surface area contributed by atoms with Gasteiger partial charge in [0.05, 0.1) is 11.6 Å². The number of hydrogen-bond donors (Lipinski definition) is 2. The summed E-state index contributed by atoms with van der Waals surface area (Å²) in [5, 5.41) is 3.44. The van der Waals surface area contributed by atoms with E-state index in [0.717, 1.165) is 5.56 Å². The average Bonchev–Trinajstić information content (AvgIpc) is 2.54. The van der Waals surface area contributed by atoms with Crippen molar-refractivity contribution in [2.75, 3.05) is 6.54 Å². The smallest absolute Gasteiger partial charge is 0.242 e. The predicted octanol–water partition coefficient (Wildman–Crippen LogP) is 3.24. The first kappa shape index (κ1) is 19.0. The minimum absolute atomic E-state index is 0.0217. The van der Waals surface area contributed by atoms with E-state index in [0.29, 0.717) is 5.02 Å². The Bertz CT molecular complexity index is 840. The third-order valence-corrected chi connectivity index (χ3v) is 5.38. The monoisotopic (exact) mass is 406 g/mol. The van der Waals surface area contributed by atoms with E-state index in [1.165, 1.54) is 18.2 Å². The van der Waals surface area contributed by atoms with E-state index in [1.807, 2.05) is 0 Å². The van der Waals surface area contributed by atoms with Gasteiger partial charge in [-0.25, -0.2) is 13.1 Å². The van der Waals surface area contributed by atoms with Gasteiger partial charge in [0.15, 0.2) is 0 Å². The summed E-state index contributed by atoms with van der Waals surface area (Å²) in [6, 6.07) is 11.0. The minimum atomic E-state index is -3.94. The van der Waals surface area contributed by atoms with Crippen LogP contribution >= 0.6 is 34.8 Å². The van der Waals surface area contributed by atoms with Crippen molar-refractivity contribution in [3.05, 3.63) is 63.1 Å². The molecule has 24 heavy (non-hydrogen) atoms. The van der Waals surface area contributed by atoms with Crippen LogP contribution in [0.15, 0.2) is 47.4 Å². The lowest BCUT2D eigenvalue weighted by molar-refractivity contribution is -0.120. The molecular weight excluding hydrogens is 395 g/mol. The molecule has 0 saturated carbocycles. The van der Waals surface area contributed by atoms with E-state index < -0.39 is 22.5 Å². The Morgan fingerprint density at radius 3 is 2.25 bits per heavy atom. The molecule has 0 bridgehead atoms. The van der Waals surface area contributed by atoms with Crippen LogP contribution in [0.5, 0.6) is 0 Å². The fraction of sp³-hybridized carbons (Fsp3) is 0.133. The fourth-order valence-corrected chi connectivity index (χ4v) is 3.66. The van der Waals surface area contributed by atoms with E-state index in [2.05, 4.69) is 10.0 Å². The summed E-state index contributed by atoms with van der Waals surface area (Å²) in [6.07, 6.45) is 0. The zero-order valence-corrected chi connectivity index (χ0v) is 15.3. The average molecular weight is 408 g/mol. The highest BCUT2D eigenvalue weighted by atomic mass is 35.5. The summed E-state index contributed by atoms with van der Waals surface area (Å²) < 4.78 is 26.5. The number of sulfonamides is 1. The molecule has 0 radical (unpaired) electrons. The molecule has 2 N–H and O–H groups in total. The van der Waals surface area contributed by atoms with E-state index in [-0.39, 0.29) is 21.5 Å². The SMILES string of the molecule is O=C(CNS(=O)(=O)c1cc(Cl)ccc1Cl)NCc1ccc(Cl)cc1. The summed E-state index contributed by atoms with van der Waals surface area (Å²) in [4.78, 5) is 11.6. The molecule has 0 aliphatic heterocycles. The lowest BCUT2D eigenvalue weighted by atomic mass is 10.2. The maximum absolute atomic E-state index is 12.2. The fourth-order valence-electron chi connectivity index (χ4n) is 1.79. The number of rotatable bonds is 6. The molecule has 9 heteroatoms. The van der Waals surface area contributed by atoms with Crippen molar-refractivity contribution in [1.82, 2.24) is 10.0 Å². The van der Waals surface area contributed by atoms with Gasteiger partial charge >= 0.3 is 0 Å². The highest BCUT2D eigenvalue weighted by molar-refractivity contribution is 7.89. The zero-order chi connectivity index (χ0) is 17.7. The summed E-state index contributed by atoms with van der Waals surface area (Å²) in [7, 11) is -3.94. The lowest BCUT2D eigenvalue weighted by Gasteiger charge is -2.09. The number of nitrogens with one attached hydrogen (secondary N) is 2. The van der Waals surface area contributed by atoms with Crippen molar-refractivity contribution in [1.29, 1.82) is 0 Å². The van der Waals surface area contributed by atoms with Gasteiger partial charge in [-0.15, -0.1) is 0 Å². The van der Waals surface area contributed by atoms with E-state index in [4.69, 9.17) is 34.8 Å². The summed E-state index contributed by atoms with van der Waals surface area (Å²) in [5.74, 6) is -0.480. The highest BCUT2D eigenvalue weighted by Gasteiger charge is 2.19. The van der Waals surface area contributed by atoms with Gasteiger partial charge in [0, 0.05) is 16.6 Å². The van der Waals surface area contributed by atoms with Crippen LogP contribution in [0.2, 0.25) is 15.1 Å². The number of hydrogen-bond acceptors (Lipinski definition) is 3. The summed E-state index contributed by atoms with van der Waals surface area (Å²) >= 11 is 17.4. The van der Waals surface area contributed by atoms with Gasteiger partial charge in [-0.05, 0) is 35.9 Å². The van der Waals surface area contributed by atoms with Crippen molar-refractivity contribution in [3.63, 3.8) is 0 Å². The second-order valence-corrected chi connectivity index (χ2v) is 7.82. The Hall–Kier alpha value is -1.31. The zero-order valence-electron chi connectivity index (χ0n) is 12.2. The maximum Gasteiger partial charge on any atom is 0.242 e. The van der Waals surface area contributed by atoms with Crippen LogP contribution in [0.3, 0.4) is 0 Å². The van der Waals surface area contributed by atoms with Gasteiger partial charge in [-0.2, -0.15) is 0 Å². The number of halogens is 3. The van der Waals surface area contributed by atoms with Crippen LogP contribution in [-0.4, -0.2) is 20.9 Å². The van der Waals surface area contributed by atoms with Crippen LogP contribution in [0.4, 0.5) is 0 Å². The molecule has 1 amide bonds. The standard InChI is InChI=1S/C15H13Cl3N2O3S/c16-11-3-1-10(2-4-11)8-19-15(21)9-20-24(22,23)14-7-12(17)5-6-13(14)18/h1-7,20H,8-9H2,(H,19,21). The van der Waals surface area contributed by atoms with Crippen molar-refractivity contribution >= 4 is 50.7 Å². The second kappa shape index (κ2) is 8.18. The van der Waals surface area contributed by atoms with Gasteiger partial charge in [0.2, 0.25) is 15.9 Å². The molecule has 5 nitrogen and oxygen atoms in total. The van der Waals surface area contributed by atoms with Crippen LogP contribution in [0, 0.1) is 0 Å². The van der Waals surface area contributed by atoms with E-state index in [9.17, 15) is 13.2 Å². The molecule has 0 aromatic heterocycles. The first-order valence-electron chi connectivity index (χ1n) is 6.74. The molecule has 0 saturated heterocycles. The third-order valence-electron chi connectivity index (χ3n) is 3.01. The Kier molecular flexibility index (Phi) is 6.48. The van der Waals surface area contributed by atoms with E-state index >= 15 is 0 Å². The topological polar surface area (TPSA) is 75.3 Å². The number of amides is 1. The van der Waals surface area contributed by atoms with Gasteiger partial charge in [0.25, 0.3) is 0 Å². The maximum atomic E-state index is 12.2. The number of benzene rings is 2. The van der Waals surface area contributed by atoms with E-state index in [1.54, 1.807) is 24.3 Å². The van der Waals surface area contributed by atoms with Crippen molar-refractivity contribution in [2.45, 2.75) is 11.4 Å². The first-order chi connectivity index (χ1) is 11.3. The summed E-state index contributed by atoms with van der Waals surface area (Å²) in [6.45, 7) is -0.158. The quantitative estimate of drug-likeness (QED) is 0.772. The van der Waals surface area contributed by atoms with Crippen LogP contribution in [0.25, 0.3) is 0 Å². The molecule has 2 aromatic rings. The Morgan fingerprint density at radius 2 is 1.58 bits per heavy atom. The van der Waals surface area contributed by atoms with Crippen molar-refractivity contribution in [2.24, 2.45) is 0 Å². The first-order valence-corrected chi connectivity index (χ1v) is 9.35. The molecule has 2 aromatic carbocycles. The Balaban J connectivity index is 1.93. The van der Waals surface area contributed by atoms with Crippen molar-refractivity contribution in [3.8, 4) is 0 Å². The molecule has 0 atom stereocenters. The largest absolute Gasteiger partial charge is 0.351 e. The van der Waals surface area contributed by atoms with Gasteiger partial charge in [0.1, 0.15) is 4.90 Å². The highest BCUT2D eigenvalue weighted by Crippen LogP contribution is 2.24. The van der Waals surface area contributed by atoms with Crippen LogP contribution in [0.1, 0.15) is 5.56 Å². The van der Waals surface area contributed by atoms with Crippen LogP contribution in [-0.2, 0) is 21.4 Å². The van der Waals surface area contributed by atoms with Gasteiger partial charge < -0.3 is 5.32 Å². The normalized spacial score (nSPS) is 11.3.